The molecule has 0 unspecified atom stereocenters. The number of nitrogens with zero attached hydrogens (tertiary/aromatic N) is 2. The molecule has 0 spiro atoms. The van der Waals surface area contributed by atoms with Crippen molar-refractivity contribution in [1.29, 1.82) is 0 Å². The predicted octanol–water partition coefficient (Wildman–Crippen LogP) is 3.18. The molecular formula is C11H15ClN2O. The zero-order chi connectivity index (χ0) is 10.8. The van der Waals surface area contributed by atoms with Gasteiger partial charge in [0.2, 0.25) is 5.88 Å². The summed E-state index contributed by atoms with van der Waals surface area (Å²) >= 11 is 6.04. The number of aromatic nitrogens is 2. The van der Waals surface area contributed by atoms with Crippen LogP contribution in [0.15, 0.2) is 6.33 Å². The van der Waals surface area contributed by atoms with Crippen LogP contribution in [0.1, 0.15) is 44.6 Å². The normalized spacial score (nSPS) is 16.5. The zero-order valence-corrected chi connectivity index (χ0v) is 9.79. The lowest BCUT2D eigenvalue weighted by Crippen LogP contribution is -2.25. The minimum atomic E-state index is 0.286. The number of halogens is 1. The second kappa shape index (κ2) is 4.35. The van der Waals surface area contributed by atoms with E-state index in [-0.39, 0.29) is 5.92 Å². The molecule has 0 atom stereocenters. The third kappa shape index (κ3) is 2.23. The third-order valence-electron chi connectivity index (χ3n) is 2.71. The van der Waals surface area contributed by atoms with Gasteiger partial charge in [-0.15, -0.1) is 0 Å². The molecule has 15 heavy (non-hydrogen) atoms. The van der Waals surface area contributed by atoms with Crippen LogP contribution >= 0.6 is 11.6 Å². The van der Waals surface area contributed by atoms with E-state index >= 15 is 0 Å². The van der Waals surface area contributed by atoms with Crippen LogP contribution in [0.4, 0.5) is 0 Å². The van der Waals surface area contributed by atoms with Gasteiger partial charge in [0.05, 0.1) is 5.56 Å². The molecule has 0 aromatic carbocycles. The topological polar surface area (TPSA) is 35.0 Å². The van der Waals surface area contributed by atoms with Crippen molar-refractivity contribution in [2.45, 2.75) is 45.1 Å². The Morgan fingerprint density at radius 1 is 1.40 bits per heavy atom. The summed E-state index contributed by atoms with van der Waals surface area (Å²) in [7, 11) is 0. The third-order valence-corrected chi connectivity index (χ3v) is 3.01. The summed E-state index contributed by atoms with van der Waals surface area (Å²) in [5, 5.41) is 0.509. The average molecular weight is 227 g/mol. The van der Waals surface area contributed by atoms with Crippen LogP contribution in [0.25, 0.3) is 0 Å². The van der Waals surface area contributed by atoms with E-state index in [2.05, 4.69) is 23.8 Å². The highest BCUT2D eigenvalue weighted by atomic mass is 35.5. The van der Waals surface area contributed by atoms with Crippen molar-refractivity contribution >= 4 is 11.6 Å². The average Bonchev–Trinajstić information content (AvgIpc) is 2.10. The first kappa shape index (κ1) is 10.7. The van der Waals surface area contributed by atoms with Crippen molar-refractivity contribution in [3.63, 3.8) is 0 Å². The fourth-order valence-corrected chi connectivity index (χ4v) is 1.93. The molecule has 1 aromatic rings. The van der Waals surface area contributed by atoms with Crippen LogP contribution in [-0.4, -0.2) is 16.1 Å². The molecule has 2 rings (SSSR count). The lowest BCUT2D eigenvalue weighted by Gasteiger charge is -2.27. The van der Waals surface area contributed by atoms with Gasteiger partial charge in [0.15, 0.2) is 0 Å². The Kier molecular flexibility index (Phi) is 3.10. The van der Waals surface area contributed by atoms with E-state index in [0.717, 1.165) is 18.4 Å². The first-order valence-electron chi connectivity index (χ1n) is 5.35. The maximum absolute atomic E-state index is 6.04. The molecule has 4 heteroatoms. The van der Waals surface area contributed by atoms with Gasteiger partial charge in [-0.2, -0.15) is 0 Å². The van der Waals surface area contributed by atoms with Crippen LogP contribution < -0.4 is 4.74 Å². The van der Waals surface area contributed by atoms with E-state index in [1.165, 1.54) is 12.7 Å². The molecule has 3 nitrogen and oxygen atoms in total. The molecule has 1 aliphatic rings. The van der Waals surface area contributed by atoms with Crippen LogP contribution in [0.5, 0.6) is 5.88 Å². The van der Waals surface area contributed by atoms with E-state index < -0.39 is 0 Å². The second-order valence-corrected chi connectivity index (χ2v) is 4.57. The highest BCUT2D eigenvalue weighted by Crippen LogP contribution is 2.32. The van der Waals surface area contributed by atoms with E-state index in [4.69, 9.17) is 16.3 Å². The van der Waals surface area contributed by atoms with Crippen molar-refractivity contribution in [3.8, 4) is 5.88 Å². The van der Waals surface area contributed by atoms with Crippen molar-refractivity contribution < 1.29 is 4.74 Å². The van der Waals surface area contributed by atoms with E-state index in [1.807, 2.05) is 0 Å². The van der Waals surface area contributed by atoms with Crippen molar-refractivity contribution in [2.75, 3.05) is 0 Å². The number of rotatable bonds is 3. The molecule has 0 amide bonds. The molecule has 1 heterocycles. The number of ether oxygens (including phenoxy) is 1. The predicted molar refractivity (Wildman–Crippen MR) is 59.4 cm³/mol. The molecule has 0 aliphatic heterocycles. The molecule has 82 valence electrons. The lowest BCUT2D eigenvalue weighted by molar-refractivity contribution is 0.112. The fraction of sp³-hybridized carbons (Fsp3) is 0.636. The quantitative estimate of drug-likeness (QED) is 0.743. The summed E-state index contributed by atoms with van der Waals surface area (Å²) in [6.45, 7) is 4.14. The Balaban J connectivity index is 2.23. The molecule has 0 radical (unpaired) electrons. The standard InChI is InChI=1S/C11H15ClN2O/c1-7(2)9-10(12)13-6-14-11(9)15-8-4-3-5-8/h6-8H,3-5H2,1-2H3. The van der Waals surface area contributed by atoms with Gasteiger partial charge >= 0.3 is 0 Å². The Hall–Kier alpha value is -0.830. The van der Waals surface area contributed by atoms with E-state index in [1.54, 1.807) is 0 Å². The summed E-state index contributed by atoms with van der Waals surface area (Å²) in [5.41, 5.74) is 0.922. The minimum Gasteiger partial charge on any atom is -0.474 e. The van der Waals surface area contributed by atoms with E-state index in [9.17, 15) is 0 Å². The summed E-state index contributed by atoms with van der Waals surface area (Å²) in [6.07, 6.45) is 5.29. The molecule has 0 saturated heterocycles. The van der Waals surface area contributed by atoms with Crippen molar-refractivity contribution in [3.05, 3.63) is 17.0 Å². The van der Waals surface area contributed by atoms with E-state index in [0.29, 0.717) is 17.1 Å². The molecule has 0 bridgehead atoms. The summed E-state index contributed by atoms with van der Waals surface area (Å²) in [4.78, 5) is 8.15. The van der Waals surface area contributed by atoms with Gasteiger partial charge in [0, 0.05) is 0 Å². The van der Waals surface area contributed by atoms with Crippen LogP contribution in [0.2, 0.25) is 5.15 Å². The van der Waals surface area contributed by atoms with Gasteiger partial charge in [-0.3, -0.25) is 0 Å². The summed E-state index contributed by atoms with van der Waals surface area (Å²) < 4.78 is 5.79. The SMILES string of the molecule is CC(C)c1c(Cl)ncnc1OC1CCC1. The Morgan fingerprint density at radius 3 is 2.67 bits per heavy atom. The van der Waals surface area contributed by atoms with Gasteiger partial charge in [0.25, 0.3) is 0 Å². The van der Waals surface area contributed by atoms with Crippen LogP contribution in [0.3, 0.4) is 0 Å². The van der Waals surface area contributed by atoms with Crippen LogP contribution in [0, 0.1) is 0 Å². The Bertz CT molecular complexity index is 350. The summed E-state index contributed by atoms with van der Waals surface area (Å²) in [6, 6.07) is 0. The smallest absolute Gasteiger partial charge is 0.221 e. The fourth-order valence-electron chi connectivity index (χ4n) is 1.58. The molecule has 1 fully saturated rings. The molecule has 1 saturated carbocycles. The monoisotopic (exact) mass is 226 g/mol. The highest BCUT2D eigenvalue weighted by molar-refractivity contribution is 6.30. The Morgan fingerprint density at radius 2 is 2.13 bits per heavy atom. The molecule has 1 aliphatic carbocycles. The van der Waals surface area contributed by atoms with Crippen LogP contribution in [-0.2, 0) is 0 Å². The zero-order valence-electron chi connectivity index (χ0n) is 9.03. The van der Waals surface area contributed by atoms with Gasteiger partial charge in [-0.05, 0) is 25.2 Å². The molecular weight excluding hydrogens is 212 g/mol. The number of hydrogen-bond donors (Lipinski definition) is 0. The van der Waals surface area contributed by atoms with Crippen molar-refractivity contribution in [2.24, 2.45) is 0 Å². The maximum atomic E-state index is 6.04. The first-order valence-corrected chi connectivity index (χ1v) is 5.73. The largest absolute Gasteiger partial charge is 0.474 e. The highest BCUT2D eigenvalue weighted by Gasteiger charge is 2.23. The molecule has 1 aromatic heterocycles. The van der Waals surface area contributed by atoms with Gasteiger partial charge in [-0.1, -0.05) is 25.4 Å². The summed E-state index contributed by atoms with van der Waals surface area (Å²) in [5.74, 6) is 0.948. The molecule has 0 N–H and O–H groups in total. The lowest BCUT2D eigenvalue weighted by atomic mass is 9.96. The van der Waals surface area contributed by atoms with Gasteiger partial charge in [0.1, 0.15) is 17.6 Å². The minimum absolute atomic E-state index is 0.286. The second-order valence-electron chi connectivity index (χ2n) is 4.21. The maximum Gasteiger partial charge on any atom is 0.221 e. The number of hydrogen-bond acceptors (Lipinski definition) is 3. The van der Waals surface area contributed by atoms with Gasteiger partial charge < -0.3 is 4.74 Å². The first-order chi connectivity index (χ1) is 7.18. The van der Waals surface area contributed by atoms with Gasteiger partial charge in [-0.25, -0.2) is 9.97 Å². The van der Waals surface area contributed by atoms with Crippen molar-refractivity contribution in [1.82, 2.24) is 9.97 Å². The Labute approximate surface area is 94.8 Å².